The van der Waals surface area contributed by atoms with Crippen LogP contribution in [0.4, 0.5) is 11.4 Å². The highest BCUT2D eigenvalue weighted by atomic mass is 79.9. The molecule has 0 radical (unpaired) electrons. The van der Waals surface area contributed by atoms with Gasteiger partial charge in [0.05, 0.1) is 15.9 Å². The maximum absolute atomic E-state index is 11.7. The lowest BCUT2D eigenvalue weighted by molar-refractivity contribution is -0.384. The summed E-state index contributed by atoms with van der Waals surface area (Å²) in [6.07, 6.45) is 0.998. The number of rotatable bonds is 7. The number of aliphatic hydroxyl groups excluding tert-OH is 1. The van der Waals surface area contributed by atoms with Gasteiger partial charge >= 0.3 is 0 Å². The van der Waals surface area contributed by atoms with Crippen LogP contribution in [0.5, 0.6) is 0 Å². The zero-order valence-electron chi connectivity index (χ0n) is 14.2. The van der Waals surface area contributed by atoms with Crippen molar-refractivity contribution in [2.75, 3.05) is 18.2 Å². The Balaban J connectivity index is 2.47. The van der Waals surface area contributed by atoms with Gasteiger partial charge in [-0.05, 0) is 29.8 Å². The third kappa shape index (κ3) is 4.80. The lowest BCUT2D eigenvalue weighted by Crippen LogP contribution is -2.22. The molecule has 0 aliphatic carbocycles. The number of anilines is 1. The molecular weight excluding hydrogens is 424 g/mol. The lowest BCUT2D eigenvalue weighted by atomic mass is 9.94. The minimum atomic E-state index is -3.56. The molecule has 140 valence electrons. The molecule has 0 bridgehead atoms. The van der Waals surface area contributed by atoms with Crippen LogP contribution < -0.4 is 5.32 Å². The summed E-state index contributed by atoms with van der Waals surface area (Å²) in [7, 11) is -3.56. The molecule has 0 aliphatic rings. The summed E-state index contributed by atoms with van der Waals surface area (Å²) < 4.78 is 24.2. The summed E-state index contributed by atoms with van der Waals surface area (Å²) in [5.41, 5.74) is 0.701. The third-order valence-electron chi connectivity index (χ3n) is 3.99. The third-order valence-corrected chi connectivity index (χ3v) is 5.63. The van der Waals surface area contributed by atoms with Crippen molar-refractivity contribution in [2.24, 2.45) is 5.92 Å². The Morgan fingerprint density at radius 2 is 1.85 bits per heavy atom. The molecule has 0 saturated carbocycles. The van der Waals surface area contributed by atoms with Crippen molar-refractivity contribution in [1.29, 1.82) is 0 Å². The molecule has 7 nitrogen and oxygen atoms in total. The monoisotopic (exact) mass is 442 g/mol. The van der Waals surface area contributed by atoms with Gasteiger partial charge in [-0.25, -0.2) is 8.42 Å². The molecule has 26 heavy (non-hydrogen) atoms. The first-order valence-electron chi connectivity index (χ1n) is 7.75. The first-order chi connectivity index (χ1) is 12.1. The first-order valence-corrected chi connectivity index (χ1v) is 10.4. The number of sulfone groups is 1. The van der Waals surface area contributed by atoms with Crippen LogP contribution in [0.2, 0.25) is 0 Å². The number of halogens is 1. The van der Waals surface area contributed by atoms with Crippen molar-refractivity contribution in [2.45, 2.75) is 17.9 Å². The Morgan fingerprint density at radius 1 is 1.23 bits per heavy atom. The maximum Gasteiger partial charge on any atom is 0.293 e. The van der Waals surface area contributed by atoms with Crippen molar-refractivity contribution in [3.05, 3.63) is 62.6 Å². The van der Waals surface area contributed by atoms with Gasteiger partial charge in [-0.15, -0.1) is 0 Å². The van der Waals surface area contributed by atoms with Gasteiger partial charge in [0.1, 0.15) is 5.69 Å². The molecule has 2 aromatic rings. The van der Waals surface area contributed by atoms with Crippen molar-refractivity contribution in [1.82, 2.24) is 0 Å². The Bertz CT molecular complexity index is 900. The number of aliphatic hydroxyl groups is 1. The van der Waals surface area contributed by atoms with Crippen LogP contribution in [0.15, 0.2) is 51.8 Å². The second-order valence-corrected chi connectivity index (χ2v) is 8.97. The molecule has 2 aromatic carbocycles. The van der Waals surface area contributed by atoms with E-state index in [0.717, 1.165) is 22.4 Å². The molecule has 0 saturated heterocycles. The summed E-state index contributed by atoms with van der Waals surface area (Å²) in [6, 6.07) is 10.7. The second kappa shape index (κ2) is 8.15. The van der Waals surface area contributed by atoms with Crippen LogP contribution in [-0.4, -0.2) is 31.3 Å². The molecule has 9 heteroatoms. The fraction of sp³-hybridized carbons (Fsp3) is 0.294. The SMILES string of the molecule is C[C@H](CO)[C@H](Nc1ccc(S(C)(=O)=O)cc1[N+](=O)[O-])c1ccc(Br)cc1. The van der Waals surface area contributed by atoms with Gasteiger partial charge in [0, 0.05) is 29.3 Å². The molecule has 2 N–H and O–H groups in total. The van der Waals surface area contributed by atoms with Crippen LogP contribution in [0.1, 0.15) is 18.5 Å². The van der Waals surface area contributed by atoms with Crippen LogP contribution in [-0.2, 0) is 9.84 Å². The second-order valence-electron chi connectivity index (χ2n) is 6.04. The van der Waals surface area contributed by atoms with Gasteiger partial charge in [-0.1, -0.05) is 35.0 Å². The van der Waals surface area contributed by atoms with E-state index in [1.807, 2.05) is 31.2 Å². The molecule has 2 atom stereocenters. The van der Waals surface area contributed by atoms with E-state index in [0.29, 0.717) is 0 Å². The number of hydrogen-bond donors (Lipinski definition) is 2. The van der Waals surface area contributed by atoms with Crippen molar-refractivity contribution in [3.63, 3.8) is 0 Å². The molecule has 0 fully saturated rings. The minimum absolute atomic E-state index is 0.120. The number of nitro groups is 1. The lowest BCUT2D eigenvalue weighted by Gasteiger charge is -2.25. The number of nitrogens with zero attached hydrogens (tertiary/aromatic N) is 1. The minimum Gasteiger partial charge on any atom is -0.396 e. The highest BCUT2D eigenvalue weighted by Gasteiger charge is 2.24. The van der Waals surface area contributed by atoms with Crippen molar-refractivity contribution >= 4 is 37.1 Å². The molecule has 0 aromatic heterocycles. The van der Waals surface area contributed by atoms with Gasteiger partial charge in [0.25, 0.3) is 5.69 Å². The summed E-state index contributed by atoms with van der Waals surface area (Å²) in [6.45, 7) is 1.69. The Morgan fingerprint density at radius 3 is 2.35 bits per heavy atom. The van der Waals surface area contributed by atoms with Crippen molar-refractivity contribution in [3.8, 4) is 0 Å². The average Bonchev–Trinajstić information content (AvgIpc) is 2.59. The van der Waals surface area contributed by atoms with Gasteiger partial charge in [0.15, 0.2) is 9.84 Å². The van der Waals surface area contributed by atoms with Crippen molar-refractivity contribution < 1.29 is 18.4 Å². The fourth-order valence-electron chi connectivity index (χ4n) is 2.51. The first kappa shape index (κ1) is 20.3. The summed E-state index contributed by atoms with van der Waals surface area (Å²) in [5, 5.41) is 24.1. The van der Waals surface area contributed by atoms with E-state index in [2.05, 4.69) is 21.2 Å². The highest BCUT2D eigenvalue weighted by Crippen LogP contribution is 2.33. The number of nitrogens with one attached hydrogen (secondary N) is 1. The Kier molecular flexibility index (Phi) is 6.38. The smallest absolute Gasteiger partial charge is 0.293 e. The van der Waals surface area contributed by atoms with Crippen LogP contribution >= 0.6 is 15.9 Å². The van der Waals surface area contributed by atoms with E-state index in [9.17, 15) is 23.6 Å². The zero-order chi connectivity index (χ0) is 19.5. The maximum atomic E-state index is 11.7. The Hall–Kier alpha value is -1.97. The van der Waals surface area contributed by atoms with Crippen LogP contribution in [0.25, 0.3) is 0 Å². The van der Waals surface area contributed by atoms with Crippen LogP contribution in [0, 0.1) is 16.0 Å². The molecular formula is C17H19BrN2O5S. The number of benzene rings is 2. The Labute approximate surface area is 160 Å². The van der Waals surface area contributed by atoms with Gasteiger partial charge in [-0.2, -0.15) is 0 Å². The highest BCUT2D eigenvalue weighted by molar-refractivity contribution is 9.10. The van der Waals surface area contributed by atoms with E-state index < -0.39 is 20.8 Å². The summed E-state index contributed by atoms with van der Waals surface area (Å²) in [4.78, 5) is 10.7. The quantitative estimate of drug-likeness (QED) is 0.501. The summed E-state index contributed by atoms with van der Waals surface area (Å²) in [5.74, 6) is -0.231. The molecule has 0 amide bonds. The predicted octanol–water partition coefficient (Wildman–Crippen LogP) is 3.54. The molecule has 0 spiro atoms. The zero-order valence-corrected chi connectivity index (χ0v) is 16.6. The van der Waals surface area contributed by atoms with Crippen LogP contribution in [0.3, 0.4) is 0 Å². The normalized spacial score (nSPS) is 13.8. The predicted molar refractivity (Wildman–Crippen MR) is 103 cm³/mol. The number of hydrogen-bond acceptors (Lipinski definition) is 6. The standard InChI is InChI=1S/C17H19BrN2O5S/c1-11(10-21)17(12-3-5-13(18)6-4-12)19-15-8-7-14(26(2,24)25)9-16(15)20(22)23/h3-9,11,17,19,21H,10H2,1-2H3/t11-,17+/m1/s1. The topological polar surface area (TPSA) is 110 Å². The van der Waals surface area contributed by atoms with E-state index in [1.165, 1.54) is 12.1 Å². The molecule has 0 unspecified atom stereocenters. The fourth-order valence-corrected chi connectivity index (χ4v) is 3.42. The molecule has 0 heterocycles. The van der Waals surface area contributed by atoms with E-state index in [4.69, 9.17) is 0 Å². The largest absolute Gasteiger partial charge is 0.396 e. The average molecular weight is 443 g/mol. The van der Waals surface area contributed by atoms with Gasteiger partial charge < -0.3 is 10.4 Å². The van der Waals surface area contributed by atoms with E-state index >= 15 is 0 Å². The molecule has 2 rings (SSSR count). The van der Waals surface area contributed by atoms with E-state index in [1.54, 1.807) is 0 Å². The van der Waals surface area contributed by atoms with E-state index in [-0.39, 0.29) is 28.8 Å². The number of nitro benzene ring substituents is 1. The summed E-state index contributed by atoms with van der Waals surface area (Å²) >= 11 is 3.36. The molecule has 0 aliphatic heterocycles. The van der Waals surface area contributed by atoms with Gasteiger partial charge in [0.2, 0.25) is 0 Å². The van der Waals surface area contributed by atoms with Gasteiger partial charge in [-0.3, -0.25) is 10.1 Å².